The third-order valence-corrected chi connectivity index (χ3v) is 5.10. The molecule has 1 unspecified atom stereocenters. The number of carbonyl (C=O) groups excluding carboxylic acids is 1. The van der Waals surface area contributed by atoms with Crippen molar-refractivity contribution in [2.24, 2.45) is 5.92 Å². The van der Waals surface area contributed by atoms with Gasteiger partial charge in [0, 0.05) is 25.2 Å². The Balaban J connectivity index is 1.57. The lowest BCUT2D eigenvalue weighted by Crippen LogP contribution is -2.32. The molecule has 1 fully saturated rings. The van der Waals surface area contributed by atoms with Crippen LogP contribution < -0.4 is 10.1 Å². The van der Waals surface area contributed by atoms with Gasteiger partial charge in [-0.05, 0) is 49.7 Å². The summed E-state index contributed by atoms with van der Waals surface area (Å²) in [6, 6.07) is 12.4. The molecule has 0 spiro atoms. The van der Waals surface area contributed by atoms with Crippen LogP contribution in [0.2, 0.25) is 5.02 Å². The minimum atomic E-state index is -0.368. The molecule has 0 aliphatic carbocycles. The van der Waals surface area contributed by atoms with E-state index >= 15 is 0 Å². The van der Waals surface area contributed by atoms with Gasteiger partial charge in [-0.2, -0.15) is 0 Å². The number of hydrogen-bond acceptors (Lipinski definition) is 3. The maximum Gasteiger partial charge on any atom is 0.224 e. The van der Waals surface area contributed by atoms with Gasteiger partial charge in [0.25, 0.3) is 0 Å². The molecule has 0 saturated carbocycles. The molecule has 27 heavy (non-hydrogen) atoms. The molecular weight excluding hydrogens is 367 g/mol. The van der Waals surface area contributed by atoms with Crippen LogP contribution in [-0.4, -0.2) is 30.4 Å². The number of rotatable bonds is 7. The summed E-state index contributed by atoms with van der Waals surface area (Å²) in [6.45, 7) is 5.11. The minimum absolute atomic E-state index is 0.0626. The third-order valence-electron chi connectivity index (χ3n) is 4.74. The zero-order valence-electron chi connectivity index (χ0n) is 15.4. The second-order valence-corrected chi connectivity index (χ2v) is 7.16. The van der Waals surface area contributed by atoms with E-state index in [0.717, 1.165) is 31.6 Å². The Morgan fingerprint density at radius 1 is 1.33 bits per heavy atom. The number of amides is 1. The number of likely N-dealkylation sites (tertiary alicyclic amines) is 1. The van der Waals surface area contributed by atoms with Crippen molar-refractivity contribution in [1.82, 2.24) is 10.2 Å². The SMILES string of the molecule is CCNC(=O)C1CCN(Cc2cccc(OCc3c(F)cccc3Cl)c2)C1. The first-order valence-corrected chi connectivity index (χ1v) is 9.59. The minimum Gasteiger partial charge on any atom is -0.489 e. The smallest absolute Gasteiger partial charge is 0.224 e. The van der Waals surface area contributed by atoms with Crippen LogP contribution in [0, 0.1) is 11.7 Å². The van der Waals surface area contributed by atoms with Gasteiger partial charge in [0.15, 0.2) is 0 Å². The van der Waals surface area contributed by atoms with E-state index in [-0.39, 0.29) is 24.2 Å². The summed E-state index contributed by atoms with van der Waals surface area (Å²) in [6.07, 6.45) is 0.883. The van der Waals surface area contributed by atoms with Crippen molar-refractivity contribution in [3.05, 3.63) is 64.4 Å². The molecule has 6 heteroatoms. The van der Waals surface area contributed by atoms with Crippen LogP contribution in [0.25, 0.3) is 0 Å². The zero-order chi connectivity index (χ0) is 19.2. The topological polar surface area (TPSA) is 41.6 Å². The molecule has 1 amide bonds. The highest BCUT2D eigenvalue weighted by atomic mass is 35.5. The van der Waals surface area contributed by atoms with Crippen LogP contribution in [0.1, 0.15) is 24.5 Å². The number of hydrogen-bond donors (Lipinski definition) is 1. The van der Waals surface area contributed by atoms with Crippen LogP contribution in [-0.2, 0) is 17.9 Å². The summed E-state index contributed by atoms with van der Waals surface area (Å²) < 4.78 is 19.6. The molecule has 1 N–H and O–H groups in total. The van der Waals surface area contributed by atoms with E-state index in [1.807, 2.05) is 31.2 Å². The quantitative estimate of drug-likeness (QED) is 0.776. The van der Waals surface area contributed by atoms with Crippen molar-refractivity contribution in [3.63, 3.8) is 0 Å². The maximum absolute atomic E-state index is 13.9. The third kappa shape index (κ3) is 5.21. The summed E-state index contributed by atoms with van der Waals surface area (Å²) in [4.78, 5) is 14.2. The molecule has 1 heterocycles. The molecule has 3 rings (SSSR count). The molecule has 2 aromatic rings. The van der Waals surface area contributed by atoms with Gasteiger partial charge in [0.1, 0.15) is 18.2 Å². The lowest BCUT2D eigenvalue weighted by atomic mass is 10.1. The monoisotopic (exact) mass is 390 g/mol. The van der Waals surface area contributed by atoms with E-state index in [4.69, 9.17) is 16.3 Å². The van der Waals surface area contributed by atoms with Gasteiger partial charge >= 0.3 is 0 Å². The van der Waals surface area contributed by atoms with Crippen molar-refractivity contribution < 1.29 is 13.9 Å². The number of halogens is 2. The maximum atomic E-state index is 13.9. The summed E-state index contributed by atoms with van der Waals surface area (Å²) in [5.41, 5.74) is 1.46. The van der Waals surface area contributed by atoms with Gasteiger partial charge in [-0.3, -0.25) is 9.69 Å². The van der Waals surface area contributed by atoms with E-state index in [2.05, 4.69) is 10.2 Å². The van der Waals surface area contributed by atoms with Crippen molar-refractivity contribution in [2.75, 3.05) is 19.6 Å². The highest BCUT2D eigenvalue weighted by molar-refractivity contribution is 6.31. The second kappa shape index (κ2) is 9.20. The van der Waals surface area contributed by atoms with Crippen molar-refractivity contribution in [3.8, 4) is 5.75 Å². The molecule has 0 radical (unpaired) electrons. The average Bonchev–Trinajstić information content (AvgIpc) is 3.10. The summed E-state index contributed by atoms with van der Waals surface area (Å²) >= 11 is 6.04. The van der Waals surface area contributed by atoms with Gasteiger partial charge in [0.2, 0.25) is 5.91 Å². The second-order valence-electron chi connectivity index (χ2n) is 6.75. The first kappa shape index (κ1) is 19.6. The van der Waals surface area contributed by atoms with E-state index in [9.17, 15) is 9.18 Å². The van der Waals surface area contributed by atoms with E-state index in [1.165, 1.54) is 6.07 Å². The van der Waals surface area contributed by atoms with Crippen molar-refractivity contribution in [1.29, 1.82) is 0 Å². The van der Waals surface area contributed by atoms with Crippen LogP contribution in [0.3, 0.4) is 0 Å². The fourth-order valence-electron chi connectivity index (χ4n) is 3.33. The number of ether oxygens (including phenoxy) is 1. The summed E-state index contributed by atoms with van der Waals surface area (Å²) in [7, 11) is 0. The number of benzene rings is 2. The molecule has 144 valence electrons. The largest absolute Gasteiger partial charge is 0.489 e. The zero-order valence-corrected chi connectivity index (χ0v) is 16.1. The van der Waals surface area contributed by atoms with Crippen molar-refractivity contribution in [2.45, 2.75) is 26.5 Å². The molecule has 0 bridgehead atoms. The van der Waals surface area contributed by atoms with E-state index in [0.29, 0.717) is 22.9 Å². The highest BCUT2D eigenvalue weighted by Crippen LogP contribution is 2.24. The van der Waals surface area contributed by atoms with Gasteiger partial charge in [-0.15, -0.1) is 0 Å². The Kier molecular flexibility index (Phi) is 6.69. The predicted octanol–water partition coefficient (Wildman–Crippen LogP) is 4.02. The van der Waals surface area contributed by atoms with E-state index < -0.39 is 0 Å². The normalized spacial score (nSPS) is 17.1. The van der Waals surface area contributed by atoms with E-state index in [1.54, 1.807) is 12.1 Å². The van der Waals surface area contributed by atoms with Gasteiger partial charge < -0.3 is 10.1 Å². The molecule has 1 aliphatic rings. The van der Waals surface area contributed by atoms with Crippen molar-refractivity contribution >= 4 is 17.5 Å². The molecule has 2 aromatic carbocycles. The van der Waals surface area contributed by atoms with Gasteiger partial charge in [-0.1, -0.05) is 29.8 Å². The lowest BCUT2D eigenvalue weighted by Gasteiger charge is -2.17. The molecule has 4 nitrogen and oxygen atoms in total. The Hall–Kier alpha value is -2.11. The Labute approximate surface area is 164 Å². The fourth-order valence-corrected chi connectivity index (χ4v) is 3.54. The van der Waals surface area contributed by atoms with Gasteiger partial charge in [-0.25, -0.2) is 4.39 Å². The Morgan fingerprint density at radius 2 is 2.15 bits per heavy atom. The molecular formula is C21H24ClFN2O2. The summed E-state index contributed by atoms with van der Waals surface area (Å²) in [5.74, 6) is 0.504. The number of nitrogens with one attached hydrogen (secondary N) is 1. The molecule has 1 saturated heterocycles. The number of nitrogens with zero attached hydrogens (tertiary/aromatic N) is 1. The van der Waals surface area contributed by atoms with Crippen LogP contribution in [0.5, 0.6) is 5.75 Å². The average molecular weight is 391 g/mol. The Morgan fingerprint density at radius 3 is 2.93 bits per heavy atom. The van der Waals surface area contributed by atoms with Gasteiger partial charge in [0.05, 0.1) is 10.9 Å². The van der Waals surface area contributed by atoms with Crippen LogP contribution in [0.4, 0.5) is 4.39 Å². The standard InChI is InChI=1S/C21H24ClFN2O2/c1-2-24-21(26)16-9-10-25(13-16)12-15-5-3-6-17(11-15)27-14-18-19(22)7-4-8-20(18)23/h3-8,11,16H,2,9-10,12-14H2,1H3,(H,24,26). The lowest BCUT2D eigenvalue weighted by molar-refractivity contribution is -0.124. The number of carbonyl (C=O) groups is 1. The molecule has 1 atom stereocenters. The summed E-state index contributed by atoms with van der Waals surface area (Å²) in [5, 5.41) is 3.26. The molecule has 1 aliphatic heterocycles. The first-order chi connectivity index (χ1) is 13.1. The first-order valence-electron chi connectivity index (χ1n) is 9.21. The Bertz CT molecular complexity index is 779. The molecule has 0 aromatic heterocycles. The predicted molar refractivity (Wildman–Crippen MR) is 104 cm³/mol. The highest BCUT2D eigenvalue weighted by Gasteiger charge is 2.27. The fraction of sp³-hybridized carbons (Fsp3) is 0.381. The van der Waals surface area contributed by atoms with Crippen LogP contribution >= 0.6 is 11.6 Å². The van der Waals surface area contributed by atoms with Crippen LogP contribution in [0.15, 0.2) is 42.5 Å².